The second kappa shape index (κ2) is 7.10. The maximum atomic E-state index is 12.4. The number of sulfonamides is 1. The van der Waals surface area contributed by atoms with Crippen molar-refractivity contribution in [3.05, 3.63) is 65.7 Å². The summed E-state index contributed by atoms with van der Waals surface area (Å²) in [6.07, 6.45) is 2.33. The van der Waals surface area contributed by atoms with E-state index in [0.717, 1.165) is 6.08 Å². The van der Waals surface area contributed by atoms with Crippen LogP contribution in [0, 0.1) is 0 Å². The number of benzene rings is 2. The molecule has 0 heterocycles. The second-order valence-corrected chi connectivity index (χ2v) is 6.67. The summed E-state index contributed by atoms with van der Waals surface area (Å²) in [4.78, 5) is 21.8. The smallest absolute Gasteiger partial charge is 0.328 e. The first-order chi connectivity index (χ1) is 11.3. The first kappa shape index (κ1) is 17.4. The van der Waals surface area contributed by atoms with Gasteiger partial charge in [-0.2, -0.15) is 0 Å². The van der Waals surface area contributed by atoms with Crippen LogP contribution in [-0.2, 0) is 14.8 Å². The molecule has 124 valence electrons. The average Bonchev–Trinajstić information content (AvgIpc) is 2.53. The van der Waals surface area contributed by atoms with Crippen molar-refractivity contribution in [3.8, 4) is 0 Å². The van der Waals surface area contributed by atoms with E-state index in [1.807, 2.05) is 0 Å². The van der Waals surface area contributed by atoms with E-state index >= 15 is 0 Å². The van der Waals surface area contributed by atoms with Gasteiger partial charge in [0, 0.05) is 17.3 Å². The molecule has 0 spiro atoms. The lowest BCUT2D eigenvalue weighted by atomic mass is 10.1. The Morgan fingerprint density at radius 1 is 1.08 bits per heavy atom. The van der Waals surface area contributed by atoms with E-state index in [0.29, 0.717) is 11.1 Å². The van der Waals surface area contributed by atoms with Crippen molar-refractivity contribution in [3.63, 3.8) is 0 Å². The van der Waals surface area contributed by atoms with E-state index in [-0.39, 0.29) is 16.4 Å². The Labute approximate surface area is 139 Å². The van der Waals surface area contributed by atoms with Crippen LogP contribution in [0.15, 0.2) is 59.5 Å². The van der Waals surface area contributed by atoms with Crippen LogP contribution in [0.4, 0.5) is 5.69 Å². The Hall–Kier alpha value is -2.93. The third-order valence-electron chi connectivity index (χ3n) is 3.13. The number of carboxylic acid groups (broad SMARTS) is 1. The zero-order valence-corrected chi connectivity index (χ0v) is 13.6. The van der Waals surface area contributed by atoms with Crippen molar-refractivity contribution in [1.29, 1.82) is 0 Å². The molecule has 0 unspecified atom stereocenters. The van der Waals surface area contributed by atoms with Crippen molar-refractivity contribution in [2.75, 3.05) is 4.72 Å². The number of hydrogen-bond acceptors (Lipinski definition) is 4. The Morgan fingerprint density at radius 2 is 1.75 bits per heavy atom. The van der Waals surface area contributed by atoms with Crippen molar-refractivity contribution < 1.29 is 23.1 Å². The summed E-state index contributed by atoms with van der Waals surface area (Å²) < 4.78 is 27.1. The Kier molecular flexibility index (Phi) is 5.15. The first-order valence-corrected chi connectivity index (χ1v) is 8.41. The predicted molar refractivity (Wildman–Crippen MR) is 90.4 cm³/mol. The number of rotatable bonds is 6. The third-order valence-corrected chi connectivity index (χ3v) is 4.53. The maximum absolute atomic E-state index is 12.4. The van der Waals surface area contributed by atoms with Gasteiger partial charge in [0.05, 0.1) is 4.90 Å². The van der Waals surface area contributed by atoms with Crippen molar-refractivity contribution in [2.24, 2.45) is 0 Å². The van der Waals surface area contributed by atoms with Crippen molar-refractivity contribution >= 4 is 33.5 Å². The first-order valence-electron chi connectivity index (χ1n) is 6.93. The maximum Gasteiger partial charge on any atom is 0.328 e. The van der Waals surface area contributed by atoms with Crippen molar-refractivity contribution in [1.82, 2.24) is 0 Å². The molecule has 0 aliphatic heterocycles. The molecule has 0 saturated carbocycles. The van der Waals surface area contributed by atoms with Crippen LogP contribution in [-0.4, -0.2) is 25.3 Å². The summed E-state index contributed by atoms with van der Waals surface area (Å²) in [6.45, 7) is 1.40. The van der Waals surface area contributed by atoms with Gasteiger partial charge in [-0.3, -0.25) is 9.52 Å². The van der Waals surface area contributed by atoms with Gasteiger partial charge in [-0.15, -0.1) is 0 Å². The number of carboxylic acids is 1. The van der Waals surface area contributed by atoms with Crippen molar-refractivity contribution in [2.45, 2.75) is 11.8 Å². The van der Waals surface area contributed by atoms with Gasteiger partial charge < -0.3 is 5.11 Å². The molecule has 2 N–H and O–H groups in total. The lowest BCUT2D eigenvalue weighted by Crippen LogP contribution is -2.13. The standard InChI is InChI=1S/C17H15NO5S/c1-12(19)14-3-2-4-15(11-14)18-24(22,23)16-8-5-13(6-9-16)7-10-17(20)21/h2-11,18H,1H3,(H,20,21). The fourth-order valence-electron chi connectivity index (χ4n) is 1.94. The van der Waals surface area contributed by atoms with Gasteiger partial charge in [-0.1, -0.05) is 24.3 Å². The molecule has 7 heteroatoms. The number of nitrogens with one attached hydrogen (secondary N) is 1. The Bertz CT molecular complexity index is 899. The van der Waals surface area contributed by atoms with Gasteiger partial charge >= 0.3 is 5.97 Å². The molecule has 0 aliphatic carbocycles. The highest BCUT2D eigenvalue weighted by atomic mass is 32.2. The Balaban J connectivity index is 2.23. The molecular weight excluding hydrogens is 330 g/mol. The van der Waals surface area contributed by atoms with Crippen LogP contribution in [0.3, 0.4) is 0 Å². The summed E-state index contributed by atoms with van der Waals surface area (Å²) in [5, 5.41) is 8.57. The third kappa shape index (κ3) is 4.53. The van der Waals surface area contributed by atoms with Gasteiger partial charge in [0.1, 0.15) is 0 Å². The summed E-state index contributed by atoms with van der Waals surface area (Å²) >= 11 is 0. The minimum Gasteiger partial charge on any atom is -0.478 e. The lowest BCUT2D eigenvalue weighted by Gasteiger charge is -2.09. The minimum absolute atomic E-state index is 0.0307. The highest BCUT2D eigenvalue weighted by molar-refractivity contribution is 7.92. The topological polar surface area (TPSA) is 101 Å². The van der Waals surface area contributed by atoms with E-state index in [9.17, 15) is 18.0 Å². The molecule has 6 nitrogen and oxygen atoms in total. The van der Waals surface area contributed by atoms with E-state index in [1.54, 1.807) is 18.2 Å². The van der Waals surface area contributed by atoms with Gasteiger partial charge in [0.2, 0.25) is 0 Å². The molecule has 2 aromatic rings. The number of ketones is 1. The molecule has 0 bridgehead atoms. The van der Waals surface area contributed by atoms with Gasteiger partial charge in [-0.25, -0.2) is 13.2 Å². The monoisotopic (exact) mass is 345 g/mol. The van der Waals surface area contributed by atoms with E-state index in [4.69, 9.17) is 5.11 Å². The number of Topliss-reactive ketones (excluding diaryl/α,β-unsaturated/α-hetero) is 1. The summed E-state index contributed by atoms with van der Waals surface area (Å²) in [5.74, 6) is -1.25. The summed E-state index contributed by atoms with van der Waals surface area (Å²) in [6, 6.07) is 12.0. The van der Waals surface area contributed by atoms with Crippen LogP contribution < -0.4 is 4.72 Å². The number of hydrogen-bond donors (Lipinski definition) is 2. The van der Waals surface area contributed by atoms with E-state index in [1.165, 1.54) is 43.3 Å². The average molecular weight is 345 g/mol. The van der Waals surface area contributed by atoms with Crippen LogP contribution in [0.1, 0.15) is 22.8 Å². The number of carbonyl (C=O) groups is 2. The molecular formula is C17H15NO5S. The van der Waals surface area contributed by atoms with Crippen LogP contribution >= 0.6 is 0 Å². The molecule has 0 aliphatic rings. The quantitative estimate of drug-likeness (QED) is 0.619. The molecule has 0 amide bonds. The van der Waals surface area contributed by atoms with Crippen LogP contribution in [0.25, 0.3) is 6.08 Å². The molecule has 0 fully saturated rings. The molecule has 24 heavy (non-hydrogen) atoms. The fraction of sp³-hybridized carbons (Fsp3) is 0.0588. The number of anilines is 1. The highest BCUT2D eigenvalue weighted by Gasteiger charge is 2.14. The fourth-order valence-corrected chi connectivity index (χ4v) is 2.99. The van der Waals surface area contributed by atoms with E-state index < -0.39 is 16.0 Å². The lowest BCUT2D eigenvalue weighted by molar-refractivity contribution is -0.131. The van der Waals surface area contributed by atoms with E-state index in [2.05, 4.69) is 4.72 Å². The van der Waals surface area contributed by atoms with Crippen LogP contribution in [0.5, 0.6) is 0 Å². The zero-order chi connectivity index (χ0) is 17.7. The molecule has 0 saturated heterocycles. The molecule has 2 aromatic carbocycles. The molecule has 0 atom stereocenters. The zero-order valence-electron chi connectivity index (χ0n) is 12.8. The summed E-state index contributed by atoms with van der Waals surface area (Å²) in [5.41, 5.74) is 1.26. The molecule has 0 aromatic heterocycles. The second-order valence-electron chi connectivity index (χ2n) is 4.98. The number of carbonyl (C=O) groups excluding carboxylic acids is 1. The minimum atomic E-state index is -3.81. The molecule has 0 radical (unpaired) electrons. The Morgan fingerprint density at radius 3 is 2.33 bits per heavy atom. The van der Waals surface area contributed by atoms with Gasteiger partial charge in [-0.05, 0) is 42.8 Å². The SMILES string of the molecule is CC(=O)c1cccc(NS(=O)(=O)c2ccc(C=CC(=O)O)cc2)c1. The summed E-state index contributed by atoms with van der Waals surface area (Å²) in [7, 11) is -3.81. The van der Waals surface area contributed by atoms with Gasteiger partial charge in [0.15, 0.2) is 5.78 Å². The normalized spacial score (nSPS) is 11.4. The molecule has 2 rings (SSSR count). The largest absolute Gasteiger partial charge is 0.478 e. The van der Waals surface area contributed by atoms with Crippen LogP contribution in [0.2, 0.25) is 0 Å². The highest BCUT2D eigenvalue weighted by Crippen LogP contribution is 2.18. The van der Waals surface area contributed by atoms with Gasteiger partial charge in [0.25, 0.3) is 10.0 Å². The number of aliphatic carboxylic acids is 1. The predicted octanol–water partition coefficient (Wildman–Crippen LogP) is 2.79.